The van der Waals surface area contributed by atoms with Crippen LogP contribution in [0.5, 0.6) is 0 Å². The van der Waals surface area contributed by atoms with Gasteiger partial charge in [-0.05, 0) is 40.5 Å². The lowest BCUT2D eigenvalue weighted by Gasteiger charge is -2.15. The van der Waals surface area contributed by atoms with Crippen LogP contribution in [0.2, 0.25) is 5.02 Å². The summed E-state index contributed by atoms with van der Waals surface area (Å²) in [6, 6.07) is 3.98. The van der Waals surface area contributed by atoms with E-state index in [1.165, 1.54) is 0 Å². The molecule has 1 aromatic rings. The number of benzene rings is 1. The van der Waals surface area contributed by atoms with Crippen molar-refractivity contribution < 1.29 is 0 Å². The first-order valence-corrected chi connectivity index (χ1v) is 4.82. The lowest BCUT2D eigenvalue weighted by Crippen LogP contribution is -2.09. The van der Waals surface area contributed by atoms with Gasteiger partial charge in [-0.1, -0.05) is 11.6 Å². The van der Waals surface area contributed by atoms with Crippen molar-refractivity contribution in [2.45, 2.75) is 6.92 Å². The molecule has 0 atom stereocenters. The normalized spacial score (nSPS) is 10.1. The first-order chi connectivity index (χ1) is 5.52. The smallest absolute Gasteiger partial charge is 0.0520 e. The predicted molar refractivity (Wildman–Crippen MR) is 58.2 cm³/mol. The van der Waals surface area contributed by atoms with Crippen LogP contribution in [0, 0.1) is 6.92 Å². The molecular formula is C9H11BrClN. The molecule has 66 valence electrons. The third-order valence-corrected chi connectivity index (χ3v) is 2.75. The van der Waals surface area contributed by atoms with Gasteiger partial charge in [0.25, 0.3) is 0 Å². The minimum atomic E-state index is 0.807. The molecule has 1 aromatic carbocycles. The van der Waals surface area contributed by atoms with Gasteiger partial charge < -0.3 is 4.90 Å². The Bertz CT molecular complexity index is 297. The molecule has 0 radical (unpaired) electrons. The molecule has 0 bridgehead atoms. The molecule has 0 fully saturated rings. The number of anilines is 1. The average molecular weight is 249 g/mol. The summed E-state index contributed by atoms with van der Waals surface area (Å²) in [6.07, 6.45) is 0. The van der Waals surface area contributed by atoms with E-state index in [0.29, 0.717) is 0 Å². The fraction of sp³-hybridized carbons (Fsp3) is 0.333. The Labute approximate surface area is 86.5 Å². The first-order valence-electron chi connectivity index (χ1n) is 3.65. The van der Waals surface area contributed by atoms with E-state index in [1.807, 2.05) is 38.1 Å². The fourth-order valence-electron chi connectivity index (χ4n) is 0.978. The van der Waals surface area contributed by atoms with Crippen LogP contribution < -0.4 is 4.90 Å². The fourth-order valence-corrected chi connectivity index (χ4v) is 1.95. The van der Waals surface area contributed by atoms with Crippen molar-refractivity contribution in [2.75, 3.05) is 19.0 Å². The lowest BCUT2D eigenvalue weighted by atomic mass is 10.2. The van der Waals surface area contributed by atoms with Crippen LogP contribution in [0.15, 0.2) is 16.6 Å². The second-order valence-electron chi connectivity index (χ2n) is 2.95. The van der Waals surface area contributed by atoms with Gasteiger partial charge in [-0.15, -0.1) is 0 Å². The van der Waals surface area contributed by atoms with E-state index in [1.54, 1.807) is 0 Å². The molecule has 0 aromatic heterocycles. The maximum atomic E-state index is 5.98. The Hall–Kier alpha value is -0.210. The Morgan fingerprint density at radius 1 is 1.33 bits per heavy atom. The number of rotatable bonds is 1. The van der Waals surface area contributed by atoms with E-state index >= 15 is 0 Å². The standard InChI is InChI=1S/C9H11BrClN/c1-6-4-7(10)9(12(2)3)5-8(6)11/h4-5H,1-3H3. The highest BCUT2D eigenvalue weighted by Gasteiger charge is 2.04. The van der Waals surface area contributed by atoms with Gasteiger partial charge in [-0.3, -0.25) is 0 Å². The molecule has 0 spiro atoms. The largest absolute Gasteiger partial charge is 0.377 e. The summed E-state index contributed by atoms with van der Waals surface area (Å²) in [7, 11) is 3.98. The zero-order valence-corrected chi connectivity index (χ0v) is 9.70. The first kappa shape index (κ1) is 9.87. The van der Waals surface area contributed by atoms with Crippen molar-refractivity contribution >= 4 is 33.2 Å². The maximum Gasteiger partial charge on any atom is 0.0520 e. The number of hydrogen-bond acceptors (Lipinski definition) is 1. The molecule has 0 aliphatic carbocycles. The second-order valence-corrected chi connectivity index (χ2v) is 4.21. The highest BCUT2D eigenvalue weighted by atomic mass is 79.9. The van der Waals surface area contributed by atoms with E-state index in [9.17, 15) is 0 Å². The van der Waals surface area contributed by atoms with Crippen molar-refractivity contribution in [3.05, 3.63) is 27.2 Å². The highest BCUT2D eigenvalue weighted by Crippen LogP contribution is 2.30. The molecule has 1 rings (SSSR count). The molecule has 0 heterocycles. The molecule has 3 heteroatoms. The number of halogens is 2. The van der Waals surface area contributed by atoms with E-state index in [0.717, 1.165) is 20.7 Å². The zero-order valence-electron chi connectivity index (χ0n) is 7.36. The van der Waals surface area contributed by atoms with Crippen molar-refractivity contribution in [1.29, 1.82) is 0 Å². The van der Waals surface area contributed by atoms with Crippen LogP contribution >= 0.6 is 27.5 Å². The highest BCUT2D eigenvalue weighted by molar-refractivity contribution is 9.10. The summed E-state index contributed by atoms with van der Waals surface area (Å²) in [6.45, 7) is 1.99. The van der Waals surface area contributed by atoms with Crippen LogP contribution in [0.25, 0.3) is 0 Å². The van der Waals surface area contributed by atoms with Gasteiger partial charge >= 0.3 is 0 Å². The lowest BCUT2D eigenvalue weighted by molar-refractivity contribution is 1.12. The quantitative estimate of drug-likeness (QED) is 0.735. The van der Waals surface area contributed by atoms with Gasteiger partial charge in [0, 0.05) is 23.6 Å². The average Bonchev–Trinajstić information content (AvgIpc) is 1.96. The van der Waals surface area contributed by atoms with E-state index < -0.39 is 0 Å². The third-order valence-electron chi connectivity index (χ3n) is 1.71. The Kier molecular flexibility index (Phi) is 3.02. The van der Waals surface area contributed by atoms with E-state index in [2.05, 4.69) is 15.9 Å². The molecule has 0 aliphatic rings. The van der Waals surface area contributed by atoms with Crippen molar-refractivity contribution in [3.8, 4) is 0 Å². The molecule has 0 amide bonds. The monoisotopic (exact) mass is 247 g/mol. The molecule has 0 saturated heterocycles. The summed E-state index contributed by atoms with van der Waals surface area (Å²) >= 11 is 9.46. The van der Waals surface area contributed by atoms with Gasteiger partial charge in [0.2, 0.25) is 0 Å². The van der Waals surface area contributed by atoms with Crippen LogP contribution in [-0.4, -0.2) is 14.1 Å². The summed E-state index contributed by atoms with van der Waals surface area (Å²) < 4.78 is 1.08. The molecule has 0 aliphatic heterocycles. The van der Waals surface area contributed by atoms with Crippen LogP contribution in [0.1, 0.15) is 5.56 Å². The van der Waals surface area contributed by atoms with Crippen molar-refractivity contribution in [1.82, 2.24) is 0 Å². The van der Waals surface area contributed by atoms with Crippen LogP contribution in [0.4, 0.5) is 5.69 Å². The van der Waals surface area contributed by atoms with Crippen LogP contribution in [0.3, 0.4) is 0 Å². The molecule has 1 nitrogen and oxygen atoms in total. The summed E-state index contributed by atoms with van der Waals surface area (Å²) in [5.74, 6) is 0. The minimum Gasteiger partial charge on any atom is -0.377 e. The van der Waals surface area contributed by atoms with Crippen molar-refractivity contribution in [2.24, 2.45) is 0 Å². The molecule has 12 heavy (non-hydrogen) atoms. The Balaban J connectivity index is 3.23. The topological polar surface area (TPSA) is 3.24 Å². The van der Waals surface area contributed by atoms with Gasteiger partial charge in [0.15, 0.2) is 0 Å². The van der Waals surface area contributed by atoms with E-state index in [-0.39, 0.29) is 0 Å². The minimum absolute atomic E-state index is 0.807. The third kappa shape index (κ3) is 1.93. The van der Waals surface area contributed by atoms with Gasteiger partial charge in [-0.25, -0.2) is 0 Å². The van der Waals surface area contributed by atoms with Crippen LogP contribution in [-0.2, 0) is 0 Å². The summed E-state index contributed by atoms with van der Waals surface area (Å²) in [4.78, 5) is 2.02. The predicted octanol–water partition coefficient (Wildman–Crippen LogP) is 3.48. The Morgan fingerprint density at radius 2 is 1.92 bits per heavy atom. The molecular weight excluding hydrogens is 237 g/mol. The van der Waals surface area contributed by atoms with E-state index in [4.69, 9.17) is 11.6 Å². The zero-order chi connectivity index (χ0) is 9.30. The summed E-state index contributed by atoms with van der Waals surface area (Å²) in [5, 5.41) is 0.807. The Morgan fingerprint density at radius 3 is 2.42 bits per heavy atom. The van der Waals surface area contributed by atoms with Gasteiger partial charge in [-0.2, -0.15) is 0 Å². The number of nitrogens with zero attached hydrogens (tertiary/aromatic N) is 1. The van der Waals surface area contributed by atoms with Gasteiger partial charge in [0.1, 0.15) is 0 Å². The van der Waals surface area contributed by atoms with Gasteiger partial charge in [0.05, 0.1) is 5.69 Å². The number of aryl methyl sites for hydroxylation is 1. The second kappa shape index (κ2) is 3.67. The summed E-state index contributed by atoms with van der Waals surface area (Å²) in [5.41, 5.74) is 2.19. The molecule has 0 unspecified atom stereocenters. The SMILES string of the molecule is Cc1cc(Br)c(N(C)C)cc1Cl. The molecule has 0 N–H and O–H groups in total. The number of hydrogen-bond donors (Lipinski definition) is 0. The maximum absolute atomic E-state index is 5.98. The molecule has 0 saturated carbocycles. The van der Waals surface area contributed by atoms with Crippen molar-refractivity contribution in [3.63, 3.8) is 0 Å².